The van der Waals surface area contributed by atoms with E-state index in [4.69, 9.17) is 4.74 Å². The molecule has 1 aliphatic rings. The summed E-state index contributed by atoms with van der Waals surface area (Å²) in [6, 6.07) is 0.776. The molecule has 0 radical (unpaired) electrons. The number of hydrogen-bond acceptors (Lipinski definition) is 2. The van der Waals surface area contributed by atoms with Gasteiger partial charge in [-0.1, -0.05) is 0 Å². The van der Waals surface area contributed by atoms with Crippen LogP contribution in [0.2, 0.25) is 0 Å². The first-order chi connectivity index (χ1) is 7.82. The van der Waals surface area contributed by atoms with Gasteiger partial charge in [-0.05, 0) is 26.8 Å². The molecule has 0 aromatic heterocycles. The van der Waals surface area contributed by atoms with Gasteiger partial charge in [-0.25, -0.2) is 18.2 Å². The maximum absolute atomic E-state index is 13.8. The number of halogens is 3. The van der Waals surface area contributed by atoms with Crippen molar-refractivity contribution in [3.05, 3.63) is 34.6 Å². The molecule has 1 aliphatic heterocycles. The predicted octanol–water partition coefficient (Wildman–Crippen LogP) is 2.97. The Bertz CT molecular complexity index is 509. The zero-order valence-electron chi connectivity index (χ0n) is 9.77. The lowest BCUT2D eigenvalue weighted by atomic mass is 10.1. The first kappa shape index (κ1) is 12.0. The molecule has 0 bridgehead atoms. The molecule has 0 saturated carbocycles. The summed E-state index contributed by atoms with van der Waals surface area (Å²) < 4.78 is 45.3. The van der Waals surface area contributed by atoms with Gasteiger partial charge in [0.05, 0.1) is 11.1 Å². The number of rotatable bonds is 1. The van der Waals surface area contributed by atoms with Gasteiger partial charge < -0.3 is 4.74 Å². The Hall–Kier alpha value is -1.52. The van der Waals surface area contributed by atoms with Crippen LogP contribution in [0.25, 0.3) is 0 Å². The largest absolute Gasteiger partial charge is 0.475 e. The Morgan fingerprint density at radius 2 is 1.88 bits per heavy atom. The molecular formula is C12H12F3NO. The lowest BCUT2D eigenvalue weighted by Crippen LogP contribution is -2.17. The zero-order valence-corrected chi connectivity index (χ0v) is 9.77. The van der Waals surface area contributed by atoms with Crippen LogP contribution in [-0.2, 0) is 4.74 Å². The molecule has 92 valence electrons. The highest BCUT2D eigenvalue weighted by atomic mass is 19.2. The van der Waals surface area contributed by atoms with Crippen LogP contribution in [0.15, 0.2) is 11.1 Å². The number of aliphatic imine (C=N–C) groups is 1. The maximum atomic E-state index is 13.8. The Morgan fingerprint density at radius 1 is 1.24 bits per heavy atom. The Morgan fingerprint density at radius 3 is 2.41 bits per heavy atom. The summed E-state index contributed by atoms with van der Waals surface area (Å²) in [5.41, 5.74) is -0.969. The van der Waals surface area contributed by atoms with Crippen LogP contribution in [0.4, 0.5) is 13.2 Å². The van der Waals surface area contributed by atoms with E-state index in [9.17, 15) is 13.2 Å². The van der Waals surface area contributed by atoms with Crippen LogP contribution in [0.5, 0.6) is 0 Å². The van der Waals surface area contributed by atoms with Gasteiger partial charge in [-0.3, -0.25) is 0 Å². The molecular weight excluding hydrogens is 231 g/mol. The van der Waals surface area contributed by atoms with Gasteiger partial charge in [0, 0.05) is 5.56 Å². The first-order valence-electron chi connectivity index (χ1n) is 5.19. The highest BCUT2D eigenvalue weighted by Crippen LogP contribution is 2.25. The molecule has 2 nitrogen and oxygen atoms in total. The lowest BCUT2D eigenvalue weighted by Gasteiger charge is -2.07. The van der Waals surface area contributed by atoms with E-state index < -0.39 is 23.0 Å². The second-order valence-corrected chi connectivity index (χ2v) is 4.68. The van der Waals surface area contributed by atoms with Gasteiger partial charge in [0.1, 0.15) is 12.4 Å². The van der Waals surface area contributed by atoms with Crippen molar-refractivity contribution in [1.29, 1.82) is 0 Å². The molecule has 0 aliphatic carbocycles. The molecule has 1 aromatic rings. The van der Waals surface area contributed by atoms with Crippen LogP contribution < -0.4 is 0 Å². The number of hydrogen-bond donors (Lipinski definition) is 0. The summed E-state index contributed by atoms with van der Waals surface area (Å²) in [7, 11) is 0. The van der Waals surface area contributed by atoms with Gasteiger partial charge in [0.25, 0.3) is 0 Å². The summed E-state index contributed by atoms with van der Waals surface area (Å²) in [6.45, 7) is 5.09. The van der Waals surface area contributed by atoms with Crippen molar-refractivity contribution < 1.29 is 17.9 Å². The van der Waals surface area contributed by atoms with Crippen molar-refractivity contribution >= 4 is 5.90 Å². The standard InChI is InChI=1S/C12H12F3NO/c1-6-9(14)7(4-8(13)10(6)15)11-16-12(2,3)5-17-11/h4H,5H2,1-3H3. The van der Waals surface area contributed by atoms with E-state index in [2.05, 4.69) is 4.99 Å². The number of benzene rings is 1. The van der Waals surface area contributed by atoms with Crippen molar-refractivity contribution in [2.45, 2.75) is 26.3 Å². The molecule has 2 rings (SSSR count). The Balaban J connectivity index is 2.55. The van der Waals surface area contributed by atoms with E-state index in [1.54, 1.807) is 0 Å². The predicted molar refractivity (Wildman–Crippen MR) is 57.6 cm³/mol. The third-order valence-electron chi connectivity index (χ3n) is 2.57. The molecule has 1 heterocycles. The van der Waals surface area contributed by atoms with Gasteiger partial charge in [0.2, 0.25) is 5.90 Å². The Labute approximate surface area is 97.1 Å². The molecule has 0 saturated heterocycles. The van der Waals surface area contributed by atoms with E-state index in [1.165, 1.54) is 6.92 Å². The average molecular weight is 243 g/mol. The fourth-order valence-corrected chi connectivity index (χ4v) is 1.61. The van der Waals surface area contributed by atoms with Crippen molar-refractivity contribution in [1.82, 2.24) is 0 Å². The average Bonchev–Trinajstić information content (AvgIpc) is 2.61. The minimum absolute atomic E-state index is 0.0227. The summed E-state index contributed by atoms with van der Waals surface area (Å²) >= 11 is 0. The van der Waals surface area contributed by atoms with Crippen LogP contribution >= 0.6 is 0 Å². The van der Waals surface area contributed by atoms with Crippen molar-refractivity contribution in [3.8, 4) is 0 Å². The van der Waals surface area contributed by atoms with Gasteiger partial charge in [-0.15, -0.1) is 0 Å². The minimum atomic E-state index is -1.18. The molecule has 0 fully saturated rings. The van der Waals surface area contributed by atoms with Crippen LogP contribution in [0.1, 0.15) is 25.0 Å². The van der Waals surface area contributed by atoms with Crippen LogP contribution in [0, 0.1) is 24.4 Å². The maximum Gasteiger partial charge on any atom is 0.219 e. The molecule has 0 unspecified atom stereocenters. The molecule has 5 heteroatoms. The van der Waals surface area contributed by atoms with Gasteiger partial charge in [-0.2, -0.15) is 0 Å². The molecule has 0 N–H and O–H groups in total. The molecule has 0 atom stereocenters. The number of ether oxygens (including phenoxy) is 1. The second-order valence-electron chi connectivity index (χ2n) is 4.68. The SMILES string of the molecule is Cc1c(F)c(F)cc(C2=NC(C)(C)CO2)c1F. The minimum Gasteiger partial charge on any atom is -0.475 e. The van der Waals surface area contributed by atoms with Crippen molar-refractivity contribution in [2.24, 2.45) is 4.99 Å². The van der Waals surface area contributed by atoms with E-state index in [-0.39, 0.29) is 17.0 Å². The normalized spacial score (nSPS) is 17.9. The summed E-state index contributed by atoms with van der Waals surface area (Å²) in [6.07, 6.45) is 0. The first-order valence-corrected chi connectivity index (χ1v) is 5.19. The van der Waals surface area contributed by atoms with Gasteiger partial charge >= 0.3 is 0 Å². The third-order valence-corrected chi connectivity index (χ3v) is 2.57. The molecule has 17 heavy (non-hydrogen) atoms. The highest BCUT2D eigenvalue weighted by molar-refractivity contribution is 5.96. The number of nitrogens with zero attached hydrogens (tertiary/aromatic N) is 1. The smallest absolute Gasteiger partial charge is 0.219 e. The topological polar surface area (TPSA) is 21.6 Å². The van der Waals surface area contributed by atoms with E-state index in [0.29, 0.717) is 6.61 Å². The molecule has 0 spiro atoms. The third kappa shape index (κ3) is 2.01. The van der Waals surface area contributed by atoms with Crippen LogP contribution in [0.3, 0.4) is 0 Å². The van der Waals surface area contributed by atoms with E-state index in [0.717, 1.165) is 6.07 Å². The second kappa shape index (κ2) is 3.75. The summed E-state index contributed by atoms with van der Waals surface area (Å²) in [4.78, 5) is 4.13. The van der Waals surface area contributed by atoms with Gasteiger partial charge in [0.15, 0.2) is 11.6 Å². The fourth-order valence-electron chi connectivity index (χ4n) is 1.61. The lowest BCUT2D eigenvalue weighted by molar-refractivity contribution is 0.278. The highest BCUT2D eigenvalue weighted by Gasteiger charge is 2.30. The van der Waals surface area contributed by atoms with E-state index >= 15 is 0 Å². The quantitative estimate of drug-likeness (QED) is 0.695. The van der Waals surface area contributed by atoms with Crippen molar-refractivity contribution in [2.75, 3.05) is 6.61 Å². The molecule has 1 aromatic carbocycles. The monoisotopic (exact) mass is 243 g/mol. The summed E-state index contributed by atoms with van der Waals surface area (Å²) in [5, 5.41) is 0. The van der Waals surface area contributed by atoms with E-state index in [1.807, 2.05) is 13.8 Å². The summed E-state index contributed by atoms with van der Waals surface area (Å²) in [5.74, 6) is -3.09. The molecule has 0 amide bonds. The van der Waals surface area contributed by atoms with Crippen molar-refractivity contribution in [3.63, 3.8) is 0 Å². The fraction of sp³-hybridized carbons (Fsp3) is 0.417. The van der Waals surface area contributed by atoms with Crippen LogP contribution in [-0.4, -0.2) is 18.0 Å². The zero-order chi connectivity index (χ0) is 12.8. The Kier molecular flexibility index (Phi) is 2.64.